The van der Waals surface area contributed by atoms with Crippen LogP contribution in [0.4, 0.5) is 9.59 Å². The van der Waals surface area contributed by atoms with Gasteiger partial charge in [-0.3, -0.25) is 4.79 Å². The standard InChI is InChI=1S/C32H44BN3O6.C27H36BNO5.C6H11NO2.ClH/c1-31(2)22-17-26(31)32(3)27(18-22)41-33(42-32)28(16-21-19-39-25-12-7-6-11-24(21)25)34-30(38)40-20-23-10-8-15-36(23)29(37)13-9-14-35(4)5;1-26(2)19-13-22(26)27(3)23(14-19)33-28(34-27)24(29-25(30)32-15-17-8-4-5-9-17)12-18-16-31-21-11-7-6-10-20(18)21;1-7(2)5-3-4-6(8)9;/h6-7,9,11-13,19,22-23,26-28H,8,10,14-18,20H2,1-5H3,(H,34,38);6-7,10-11,16-17,19,22-24H,4-5,8-9,12-15H2,1-3H3,(H,29,30);3-4H,5H2,1-2H3,(H,8,9);1H/b13-9+;;4-3+;/t22-,23+,26-,27+,28-,32-;19-,22-,23+,24-,27-;;/m00../s1. The molecular formula is C65H92B2ClN5O13. The lowest BCUT2D eigenvalue weighted by atomic mass is 9.43. The number of aliphatic carboxylic acids is 1. The highest BCUT2D eigenvalue weighted by Crippen LogP contribution is 2.67. The van der Waals surface area contributed by atoms with Gasteiger partial charge in [0.1, 0.15) is 17.8 Å². The summed E-state index contributed by atoms with van der Waals surface area (Å²) in [6.07, 6.45) is 20.7. The topological polar surface area (TPSA) is 204 Å². The van der Waals surface area contributed by atoms with Gasteiger partial charge in [-0.1, -0.05) is 89.1 Å². The molecule has 468 valence electrons. The summed E-state index contributed by atoms with van der Waals surface area (Å²) in [6.45, 7) is 16.4. The van der Waals surface area contributed by atoms with E-state index in [-0.39, 0.29) is 71.6 Å². The van der Waals surface area contributed by atoms with Gasteiger partial charge >= 0.3 is 32.4 Å². The van der Waals surface area contributed by atoms with Gasteiger partial charge in [0.2, 0.25) is 5.91 Å². The van der Waals surface area contributed by atoms with Gasteiger partial charge in [0.05, 0.1) is 60.5 Å². The van der Waals surface area contributed by atoms with Crippen LogP contribution in [0, 0.1) is 40.4 Å². The number of hydrogen-bond acceptors (Lipinski definition) is 14. The third-order valence-corrected chi connectivity index (χ3v) is 20.7. The van der Waals surface area contributed by atoms with Crippen LogP contribution in [-0.4, -0.2) is 160 Å². The van der Waals surface area contributed by atoms with E-state index in [1.807, 2.05) is 86.5 Å². The van der Waals surface area contributed by atoms with Crippen LogP contribution >= 0.6 is 12.4 Å². The largest absolute Gasteiger partial charge is 0.482 e. The number of nitrogens with zero attached hydrogens (tertiary/aromatic N) is 3. The van der Waals surface area contributed by atoms with Crippen LogP contribution in [0.3, 0.4) is 0 Å². The van der Waals surface area contributed by atoms with Crippen molar-refractivity contribution in [2.24, 2.45) is 40.4 Å². The predicted octanol–water partition coefficient (Wildman–Crippen LogP) is 10.6. The van der Waals surface area contributed by atoms with Crippen LogP contribution in [0.25, 0.3) is 21.9 Å². The summed E-state index contributed by atoms with van der Waals surface area (Å²) in [4.78, 5) is 54.5. The maximum absolute atomic E-state index is 13.3. The van der Waals surface area contributed by atoms with Crippen molar-refractivity contribution in [3.63, 3.8) is 0 Å². The number of alkyl carbamates (subject to hydrolysis) is 2. The SMILES string of the molecule is CC1(C)[C@@H]2C[C@H]3OB([C@H](Cc4coc5ccccc45)NC(=O)OCC4CCCC4)O[C@@]3(C)[C@H]1C2.CN(C)C/C=C/C(=O)N1CCC[C@@H]1COC(=O)N[C@@H](Cc1coc2ccccc12)B1O[C@@H]2C[C@@H]3C[C@@H](C3(C)C)[C@]2(C)O1.CN(C)C/C=C/C(=O)O.Cl. The molecule has 7 saturated carbocycles. The molecule has 11 atom stereocenters. The second-order valence-electron chi connectivity index (χ2n) is 27.4. The molecule has 3 N–H and O–H groups in total. The number of rotatable bonds is 18. The lowest BCUT2D eigenvalue weighted by molar-refractivity contribution is -0.199. The van der Waals surface area contributed by atoms with E-state index in [1.54, 1.807) is 29.6 Å². The Morgan fingerprint density at radius 1 is 0.663 bits per heavy atom. The number of likely N-dealkylation sites (N-methyl/N-ethyl adjacent to an activating group) is 2. The highest BCUT2D eigenvalue weighted by molar-refractivity contribution is 6.48. The van der Waals surface area contributed by atoms with Gasteiger partial charge in [0.25, 0.3) is 0 Å². The monoisotopic (exact) mass is 1210 g/mol. The molecule has 3 aliphatic heterocycles. The fourth-order valence-corrected chi connectivity index (χ4v) is 15.5. The highest BCUT2D eigenvalue weighted by Gasteiger charge is 2.70. The third kappa shape index (κ3) is 14.1. The lowest BCUT2D eigenvalue weighted by Gasteiger charge is -2.64. The normalized spacial score (nSPS) is 29.1. The number of carbonyl (C=O) groups is 4. The summed E-state index contributed by atoms with van der Waals surface area (Å²) in [6, 6.07) is 15.7. The zero-order valence-corrected chi connectivity index (χ0v) is 52.9. The van der Waals surface area contributed by atoms with Crippen LogP contribution in [0.2, 0.25) is 0 Å². The maximum atomic E-state index is 13.3. The zero-order chi connectivity index (χ0) is 60.4. The molecule has 10 fully saturated rings. The Hall–Kier alpha value is -5.34. The van der Waals surface area contributed by atoms with Crippen LogP contribution < -0.4 is 10.6 Å². The summed E-state index contributed by atoms with van der Waals surface area (Å²) in [5.41, 5.74) is 3.43. The van der Waals surface area contributed by atoms with Gasteiger partial charge < -0.3 is 67.4 Å². The average Bonchev–Trinajstić information content (AvgIpc) is 1.19. The quantitative estimate of drug-likeness (QED) is 0.0626. The number of nitrogens with one attached hydrogen (secondary N) is 2. The first-order valence-corrected chi connectivity index (χ1v) is 31.1. The molecule has 4 bridgehead atoms. The average molecular weight is 1210 g/mol. The fourth-order valence-electron chi connectivity index (χ4n) is 15.5. The molecule has 10 aliphatic rings. The molecule has 0 radical (unpaired) electrons. The fraction of sp³-hybridized carbons (Fsp3) is 0.631. The third-order valence-electron chi connectivity index (χ3n) is 20.7. The van der Waals surface area contributed by atoms with Gasteiger partial charge in [-0.25, -0.2) is 14.4 Å². The Morgan fingerprint density at radius 2 is 1.13 bits per heavy atom. The van der Waals surface area contributed by atoms with Crippen molar-refractivity contribution in [3.05, 3.63) is 96.5 Å². The molecular weight excluding hydrogens is 1120 g/mol. The van der Waals surface area contributed by atoms with E-state index in [9.17, 15) is 19.2 Å². The molecule has 3 amide bonds. The number of carboxylic acid groups (broad SMARTS) is 1. The Kier molecular flexibility index (Phi) is 20.6. The summed E-state index contributed by atoms with van der Waals surface area (Å²) in [7, 11) is 6.56. The van der Waals surface area contributed by atoms with E-state index in [2.05, 4.69) is 58.2 Å². The second-order valence-corrected chi connectivity index (χ2v) is 27.4. The Morgan fingerprint density at radius 3 is 1.59 bits per heavy atom. The van der Waals surface area contributed by atoms with Gasteiger partial charge in [-0.15, -0.1) is 12.4 Å². The minimum atomic E-state index is -0.892. The van der Waals surface area contributed by atoms with E-state index in [0.717, 1.165) is 84.1 Å². The second kappa shape index (κ2) is 27.2. The molecule has 86 heavy (non-hydrogen) atoms. The number of ether oxygens (including phenoxy) is 2. The van der Waals surface area contributed by atoms with Gasteiger partial charge in [-0.2, -0.15) is 0 Å². The summed E-state index contributed by atoms with van der Waals surface area (Å²) in [5.74, 6) is 0.908. The van der Waals surface area contributed by atoms with Crippen molar-refractivity contribution >= 4 is 72.6 Å². The molecule has 14 rings (SSSR count). The molecule has 5 heterocycles. The number of halogens is 1. The molecule has 2 aromatic heterocycles. The molecule has 0 unspecified atom stereocenters. The smallest absolute Gasteiger partial charge is 0.478 e. The number of hydrogen-bond donors (Lipinski definition) is 3. The number of likely N-dealkylation sites (tertiary alicyclic amines) is 1. The van der Waals surface area contributed by atoms with E-state index in [4.69, 9.17) is 42.0 Å². The van der Waals surface area contributed by atoms with Crippen LogP contribution in [0.5, 0.6) is 0 Å². The van der Waals surface area contributed by atoms with Crippen molar-refractivity contribution in [3.8, 4) is 0 Å². The number of furan rings is 2. The number of fused-ring (bicyclic) bond motifs is 2. The van der Waals surface area contributed by atoms with Crippen molar-refractivity contribution in [1.29, 1.82) is 0 Å². The van der Waals surface area contributed by atoms with Gasteiger partial charge in [0, 0.05) is 42.6 Å². The zero-order valence-electron chi connectivity index (χ0n) is 52.1. The Balaban J connectivity index is 0.000000181. The van der Waals surface area contributed by atoms with Crippen LogP contribution in [0.1, 0.15) is 117 Å². The highest BCUT2D eigenvalue weighted by atomic mass is 35.5. The number of para-hydroxylation sites is 2. The Labute approximate surface area is 514 Å². The Bertz CT molecular complexity index is 3050. The van der Waals surface area contributed by atoms with Crippen LogP contribution in [-0.2, 0) is 50.5 Å². The van der Waals surface area contributed by atoms with Crippen molar-refractivity contribution in [1.82, 2.24) is 25.3 Å². The van der Waals surface area contributed by atoms with E-state index in [1.165, 1.54) is 19.3 Å². The minimum absolute atomic E-state index is 0. The molecule has 18 nitrogen and oxygen atoms in total. The van der Waals surface area contributed by atoms with Gasteiger partial charge in [-0.05, 0) is 170 Å². The molecule has 2 aromatic carbocycles. The molecule has 21 heteroatoms. The first kappa shape index (κ1) is 65.1. The number of amides is 3. The van der Waals surface area contributed by atoms with Crippen LogP contribution in [0.15, 0.2) is 94.2 Å². The van der Waals surface area contributed by atoms with Crippen molar-refractivity contribution in [2.45, 2.75) is 160 Å². The first-order valence-electron chi connectivity index (χ1n) is 31.1. The summed E-state index contributed by atoms with van der Waals surface area (Å²) < 4.78 is 49.6. The van der Waals surface area contributed by atoms with E-state index in [0.29, 0.717) is 68.7 Å². The summed E-state index contributed by atoms with van der Waals surface area (Å²) >= 11 is 0. The van der Waals surface area contributed by atoms with Crippen molar-refractivity contribution in [2.75, 3.05) is 61.0 Å². The number of carbonyl (C=O) groups excluding carboxylic acids is 3. The van der Waals surface area contributed by atoms with E-state index >= 15 is 0 Å². The first-order chi connectivity index (χ1) is 40.5. The maximum Gasteiger partial charge on any atom is 0.482 e. The van der Waals surface area contributed by atoms with Gasteiger partial charge in [0.15, 0.2) is 0 Å². The summed E-state index contributed by atoms with van der Waals surface area (Å²) in [5, 5.41) is 16.4. The number of benzene rings is 2. The minimum Gasteiger partial charge on any atom is -0.478 e. The molecule has 4 aromatic rings. The number of carboxylic acids is 1. The molecule has 0 spiro atoms. The van der Waals surface area contributed by atoms with Crippen molar-refractivity contribution < 1.29 is 61.2 Å². The van der Waals surface area contributed by atoms with E-state index < -0.39 is 37.8 Å². The molecule has 3 saturated heterocycles. The predicted molar refractivity (Wildman–Crippen MR) is 334 cm³/mol. The molecule has 7 aliphatic carbocycles. The lowest BCUT2D eigenvalue weighted by Crippen LogP contribution is -2.65.